The van der Waals surface area contributed by atoms with Crippen LogP contribution in [-0.2, 0) is 7.05 Å². The maximum atomic E-state index is 8.92. The lowest BCUT2D eigenvalue weighted by molar-refractivity contribution is 0.691. The first-order chi connectivity index (χ1) is 7.70. The molecular weight excluding hydrogens is 222 g/mol. The van der Waals surface area contributed by atoms with Crippen molar-refractivity contribution in [2.75, 3.05) is 0 Å². The highest BCUT2D eigenvalue weighted by molar-refractivity contribution is 7.99. The van der Waals surface area contributed by atoms with E-state index in [1.165, 1.54) is 18.0 Å². The molecule has 0 saturated heterocycles. The molecule has 2 aromatic heterocycles. The van der Waals surface area contributed by atoms with Crippen molar-refractivity contribution in [3.05, 3.63) is 29.6 Å². The summed E-state index contributed by atoms with van der Waals surface area (Å²) < 4.78 is 1.76. The number of aromatic nitrogens is 4. The molecule has 6 heteroatoms. The number of rotatable bonds is 2. The molecule has 0 aliphatic carbocycles. The van der Waals surface area contributed by atoms with Crippen LogP contribution in [0.4, 0.5) is 0 Å². The molecule has 0 bridgehead atoms. The summed E-state index contributed by atoms with van der Waals surface area (Å²) in [5.74, 6) is 0. The first kappa shape index (κ1) is 10.6. The smallest absolute Gasteiger partial charge is 0.143 e. The minimum Gasteiger partial charge on any atom is -0.261 e. The molecule has 0 aromatic carbocycles. The molecule has 2 aromatic rings. The van der Waals surface area contributed by atoms with Gasteiger partial charge in [-0.15, -0.1) is 5.10 Å². The quantitative estimate of drug-likeness (QED) is 0.784. The molecule has 0 aliphatic heterocycles. The third kappa shape index (κ3) is 2.04. The zero-order valence-corrected chi connectivity index (χ0v) is 9.69. The number of nitriles is 1. The van der Waals surface area contributed by atoms with Gasteiger partial charge in [-0.1, -0.05) is 0 Å². The van der Waals surface area contributed by atoms with Gasteiger partial charge in [0.15, 0.2) is 0 Å². The van der Waals surface area contributed by atoms with E-state index in [2.05, 4.69) is 21.4 Å². The van der Waals surface area contributed by atoms with Crippen LogP contribution in [0.25, 0.3) is 0 Å². The van der Waals surface area contributed by atoms with Crippen LogP contribution in [0.15, 0.2) is 28.4 Å². The molecule has 2 heterocycles. The van der Waals surface area contributed by atoms with E-state index >= 15 is 0 Å². The van der Waals surface area contributed by atoms with Crippen molar-refractivity contribution in [2.24, 2.45) is 7.05 Å². The van der Waals surface area contributed by atoms with Crippen LogP contribution in [0.5, 0.6) is 0 Å². The van der Waals surface area contributed by atoms with Crippen molar-refractivity contribution in [1.29, 1.82) is 5.26 Å². The lowest BCUT2D eigenvalue weighted by Crippen LogP contribution is -1.94. The van der Waals surface area contributed by atoms with Gasteiger partial charge < -0.3 is 0 Å². The van der Waals surface area contributed by atoms with Crippen LogP contribution >= 0.6 is 11.8 Å². The largest absolute Gasteiger partial charge is 0.261 e. The normalized spacial score (nSPS) is 10.1. The zero-order chi connectivity index (χ0) is 11.5. The van der Waals surface area contributed by atoms with Crippen LogP contribution < -0.4 is 0 Å². The topological polar surface area (TPSA) is 67.4 Å². The fraction of sp³-hybridized carbons (Fsp3) is 0.200. The van der Waals surface area contributed by atoms with E-state index in [-0.39, 0.29) is 0 Å². The van der Waals surface area contributed by atoms with Crippen LogP contribution in [0, 0.1) is 18.3 Å². The fourth-order valence-corrected chi connectivity index (χ4v) is 2.17. The molecule has 0 fully saturated rings. The first-order valence-corrected chi connectivity index (χ1v) is 5.42. The van der Waals surface area contributed by atoms with E-state index in [1.54, 1.807) is 10.7 Å². The van der Waals surface area contributed by atoms with Crippen molar-refractivity contribution in [3.8, 4) is 6.07 Å². The molecule has 5 nitrogen and oxygen atoms in total. The Bertz CT molecular complexity index is 555. The van der Waals surface area contributed by atoms with Gasteiger partial charge in [-0.05, 0) is 30.8 Å². The number of nitrogens with zero attached hydrogens (tertiary/aromatic N) is 5. The summed E-state index contributed by atoms with van der Waals surface area (Å²) >= 11 is 1.39. The molecular formula is C10H9N5S. The Morgan fingerprint density at radius 2 is 2.31 bits per heavy atom. The van der Waals surface area contributed by atoms with Gasteiger partial charge in [-0.25, -0.2) is 0 Å². The predicted octanol–water partition coefficient (Wildman–Crippen LogP) is 1.54. The van der Waals surface area contributed by atoms with Gasteiger partial charge in [-0.2, -0.15) is 15.5 Å². The van der Waals surface area contributed by atoms with Gasteiger partial charge in [0.05, 0.1) is 17.5 Å². The lowest BCUT2D eigenvalue weighted by Gasteiger charge is -2.00. The third-order valence-corrected chi connectivity index (χ3v) is 3.05. The minimum absolute atomic E-state index is 0.527. The predicted molar refractivity (Wildman–Crippen MR) is 58.8 cm³/mol. The van der Waals surface area contributed by atoms with Gasteiger partial charge in [0, 0.05) is 7.05 Å². The average Bonchev–Trinajstić information content (AvgIpc) is 2.58. The second kappa shape index (κ2) is 4.33. The van der Waals surface area contributed by atoms with Crippen LogP contribution in [-0.4, -0.2) is 20.0 Å². The molecule has 2 rings (SSSR count). The van der Waals surface area contributed by atoms with Crippen LogP contribution in [0.3, 0.4) is 0 Å². The molecule has 16 heavy (non-hydrogen) atoms. The monoisotopic (exact) mass is 231 g/mol. The second-order valence-electron chi connectivity index (χ2n) is 3.21. The van der Waals surface area contributed by atoms with E-state index in [0.29, 0.717) is 10.6 Å². The van der Waals surface area contributed by atoms with Gasteiger partial charge in [0.25, 0.3) is 0 Å². The van der Waals surface area contributed by atoms with E-state index in [1.807, 2.05) is 20.0 Å². The summed E-state index contributed by atoms with van der Waals surface area (Å²) in [6.07, 6.45) is 1.51. The Balaban J connectivity index is 2.34. The Morgan fingerprint density at radius 1 is 1.50 bits per heavy atom. The summed E-state index contributed by atoms with van der Waals surface area (Å²) in [6, 6.07) is 5.69. The standard InChI is InChI=1S/C10H9N5S/c1-7-5-9(15(2)14-7)16-10-8(6-11)3-4-12-13-10/h3-5H,1-2H3. The maximum absolute atomic E-state index is 8.92. The van der Waals surface area contributed by atoms with E-state index in [4.69, 9.17) is 5.26 Å². The fourth-order valence-electron chi connectivity index (χ4n) is 1.26. The van der Waals surface area contributed by atoms with Crippen LogP contribution in [0.2, 0.25) is 0 Å². The van der Waals surface area contributed by atoms with Crippen molar-refractivity contribution < 1.29 is 0 Å². The van der Waals surface area contributed by atoms with Crippen LogP contribution in [0.1, 0.15) is 11.3 Å². The lowest BCUT2D eigenvalue weighted by atomic mass is 10.3. The zero-order valence-electron chi connectivity index (χ0n) is 8.88. The summed E-state index contributed by atoms with van der Waals surface area (Å²) in [5, 5.41) is 22.4. The third-order valence-electron chi connectivity index (χ3n) is 1.97. The van der Waals surface area contributed by atoms with Gasteiger partial charge in [0.1, 0.15) is 16.1 Å². The molecule has 0 saturated carbocycles. The van der Waals surface area contributed by atoms with Crippen molar-refractivity contribution in [1.82, 2.24) is 20.0 Å². The second-order valence-corrected chi connectivity index (χ2v) is 4.22. The molecule has 0 radical (unpaired) electrons. The number of hydrogen-bond donors (Lipinski definition) is 0. The Labute approximate surface area is 97.1 Å². The molecule has 0 atom stereocenters. The summed E-state index contributed by atoms with van der Waals surface area (Å²) in [5.41, 5.74) is 1.46. The first-order valence-electron chi connectivity index (χ1n) is 4.61. The highest BCUT2D eigenvalue weighted by Gasteiger charge is 2.09. The van der Waals surface area contributed by atoms with Gasteiger partial charge >= 0.3 is 0 Å². The highest BCUT2D eigenvalue weighted by atomic mass is 32.2. The molecule has 80 valence electrons. The van der Waals surface area contributed by atoms with Gasteiger partial charge in [-0.3, -0.25) is 4.68 Å². The minimum atomic E-state index is 0.527. The average molecular weight is 231 g/mol. The SMILES string of the molecule is Cc1cc(Sc2nnccc2C#N)n(C)n1. The Morgan fingerprint density at radius 3 is 2.94 bits per heavy atom. The maximum Gasteiger partial charge on any atom is 0.143 e. The molecule has 0 amide bonds. The van der Waals surface area contributed by atoms with Crippen molar-refractivity contribution in [2.45, 2.75) is 17.0 Å². The molecule has 0 N–H and O–H groups in total. The summed E-state index contributed by atoms with van der Waals surface area (Å²) in [4.78, 5) is 0. The van der Waals surface area contributed by atoms with E-state index in [9.17, 15) is 0 Å². The Kier molecular flexibility index (Phi) is 2.88. The van der Waals surface area contributed by atoms with E-state index in [0.717, 1.165) is 10.7 Å². The molecule has 0 spiro atoms. The molecule has 0 unspecified atom stereocenters. The molecule has 0 aliphatic rings. The van der Waals surface area contributed by atoms with Crippen molar-refractivity contribution >= 4 is 11.8 Å². The number of aryl methyl sites for hydroxylation is 2. The summed E-state index contributed by atoms with van der Waals surface area (Å²) in [7, 11) is 1.86. The number of hydrogen-bond acceptors (Lipinski definition) is 5. The van der Waals surface area contributed by atoms with E-state index < -0.39 is 0 Å². The summed E-state index contributed by atoms with van der Waals surface area (Å²) in [6.45, 7) is 1.92. The highest BCUT2D eigenvalue weighted by Crippen LogP contribution is 2.27. The van der Waals surface area contributed by atoms with Gasteiger partial charge in [0.2, 0.25) is 0 Å². The Hall–Kier alpha value is -1.87. The van der Waals surface area contributed by atoms with Crippen molar-refractivity contribution in [3.63, 3.8) is 0 Å².